The second-order valence-corrected chi connectivity index (χ2v) is 4.67. The molecule has 1 N–H and O–H groups in total. The van der Waals surface area contributed by atoms with Gasteiger partial charge in [0.25, 0.3) is 6.43 Å². The fourth-order valence-corrected chi connectivity index (χ4v) is 1.80. The van der Waals surface area contributed by atoms with E-state index in [1.807, 2.05) is 12.1 Å². The average molecular weight is 329 g/mol. The summed E-state index contributed by atoms with van der Waals surface area (Å²) in [7, 11) is 0. The van der Waals surface area contributed by atoms with Crippen molar-refractivity contribution in [2.75, 3.05) is 19.8 Å². The summed E-state index contributed by atoms with van der Waals surface area (Å²) in [4.78, 5) is 0. The lowest BCUT2D eigenvalue weighted by Crippen LogP contribution is -2.20. The number of ether oxygens (including phenoxy) is 1. The van der Waals surface area contributed by atoms with Gasteiger partial charge in [-0.15, -0.1) is 0 Å². The Kier molecular flexibility index (Phi) is 6.96. The Balaban J connectivity index is 2.20. The molecule has 1 rings (SSSR count). The van der Waals surface area contributed by atoms with Crippen LogP contribution in [-0.4, -0.2) is 26.2 Å². The first-order chi connectivity index (χ1) is 8.09. The van der Waals surface area contributed by atoms with Gasteiger partial charge >= 0.3 is 0 Å². The van der Waals surface area contributed by atoms with Crippen molar-refractivity contribution in [3.05, 3.63) is 33.3 Å². The van der Waals surface area contributed by atoms with Crippen LogP contribution in [0.4, 0.5) is 8.78 Å². The smallest absolute Gasteiger partial charge is 0.261 e. The topological polar surface area (TPSA) is 21.3 Å². The molecular formula is C11H13BrClF2NO. The predicted molar refractivity (Wildman–Crippen MR) is 67.7 cm³/mol. The molecule has 0 amide bonds. The van der Waals surface area contributed by atoms with Gasteiger partial charge in [0.2, 0.25) is 0 Å². The third kappa shape index (κ3) is 6.31. The summed E-state index contributed by atoms with van der Waals surface area (Å²) in [6.45, 7) is 0.885. The number of hydrogen-bond acceptors (Lipinski definition) is 2. The zero-order chi connectivity index (χ0) is 12.7. The highest BCUT2D eigenvalue weighted by atomic mass is 79.9. The maximum Gasteiger partial charge on any atom is 0.261 e. The minimum atomic E-state index is -2.41. The van der Waals surface area contributed by atoms with Crippen molar-refractivity contribution in [3.8, 4) is 0 Å². The van der Waals surface area contributed by atoms with Crippen LogP contribution >= 0.6 is 27.5 Å². The van der Waals surface area contributed by atoms with Crippen molar-refractivity contribution < 1.29 is 13.5 Å². The molecule has 0 radical (unpaired) electrons. The minimum absolute atomic E-state index is 0.266. The summed E-state index contributed by atoms with van der Waals surface area (Å²) < 4.78 is 29.2. The highest BCUT2D eigenvalue weighted by Gasteiger charge is 2.02. The average Bonchev–Trinajstić information content (AvgIpc) is 2.27. The highest BCUT2D eigenvalue weighted by molar-refractivity contribution is 9.10. The van der Waals surface area contributed by atoms with E-state index in [0.717, 1.165) is 10.0 Å². The Morgan fingerprint density at radius 1 is 1.41 bits per heavy atom. The lowest BCUT2D eigenvalue weighted by atomic mass is 10.2. The molecule has 0 bridgehead atoms. The predicted octanol–water partition coefficient (Wildman–Crippen LogP) is 3.47. The van der Waals surface area contributed by atoms with Gasteiger partial charge in [0.1, 0.15) is 6.61 Å². The van der Waals surface area contributed by atoms with E-state index in [1.54, 1.807) is 6.07 Å². The van der Waals surface area contributed by atoms with E-state index in [-0.39, 0.29) is 6.61 Å². The molecule has 1 aromatic carbocycles. The molecule has 0 aliphatic heterocycles. The van der Waals surface area contributed by atoms with E-state index in [2.05, 4.69) is 21.2 Å². The zero-order valence-corrected chi connectivity index (χ0v) is 11.4. The molecule has 0 saturated heterocycles. The molecule has 2 nitrogen and oxygen atoms in total. The van der Waals surface area contributed by atoms with E-state index in [4.69, 9.17) is 16.3 Å². The van der Waals surface area contributed by atoms with Crippen LogP contribution < -0.4 is 5.32 Å². The molecule has 0 heterocycles. The second-order valence-electron chi connectivity index (χ2n) is 3.38. The molecule has 0 saturated carbocycles. The van der Waals surface area contributed by atoms with Crippen molar-refractivity contribution in [1.29, 1.82) is 0 Å². The standard InChI is InChI=1S/C11H13BrClF2NO/c12-10-2-1-9(13)5-8(10)6-16-3-4-17-7-11(14)15/h1-2,5,11,16H,3-4,6-7H2. The largest absolute Gasteiger partial charge is 0.374 e. The maximum absolute atomic E-state index is 11.7. The first-order valence-corrected chi connectivity index (χ1v) is 6.27. The molecule has 1 aromatic rings. The molecule has 0 spiro atoms. The fourth-order valence-electron chi connectivity index (χ4n) is 1.22. The molecule has 6 heteroatoms. The van der Waals surface area contributed by atoms with Gasteiger partial charge in [0, 0.05) is 22.6 Å². The Bertz CT molecular complexity index is 352. The van der Waals surface area contributed by atoms with E-state index in [1.165, 1.54) is 0 Å². The second kappa shape index (κ2) is 7.97. The molecule has 0 atom stereocenters. The zero-order valence-electron chi connectivity index (χ0n) is 9.06. The van der Waals surface area contributed by atoms with Gasteiger partial charge < -0.3 is 10.1 Å². The van der Waals surface area contributed by atoms with Gasteiger partial charge in [-0.05, 0) is 23.8 Å². The van der Waals surface area contributed by atoms with Crippen molar-refractivity contribution in [1.82, 2.24) is 5.32 Å². The van der Waals surface area contributed by atoms with E-state index in [0.29, 0.717) is 18.1 Å². The van der Waals surface area contributed by atoms with Gasteiger partial charge in [0.15, 0.2) is 0 Å². The molecule has 0 unspecified atom stereocenters. The summed E-state index contributed by atoms with van der Waals surface area (Å²) >= 11 is 9.26. The van der Waals surface area contributed by atoms with Crippen LogP contribution in [-0.2, 0) is 11.3 Å². The molecule has 0 aromatic heterocycles. The fraction of sp³-hybridized carbons (Fsp3) is 0.455. The van der Waals surface area contributed by atoms with Crippen molar-refractivity contribution in [3.63, 3.8) is 0 Å². The summed E-state index contributed by atoms with van der Waals surface area (Å²) in [5.41, 5.74) is 1.02. The van der Waals surface area contributed by atoms with E-state index >= 15 is 0 Å². The Morgan fingerprint density at radius 3 is 2.88 bits per heavy atom. The normalized spacial score (nSPS) is 11.1. The molecular weight excluding hydrogens is 315 g/mol. The molecule has 0 aliphatic carbocycles. The Morgan fingerprint density at radius 2 is 2.18 bits per heavy atom. The summed E-state index contributed by atoms with van der Waals surface area (Å²) in [6.07, 6.45) is -2.41. The van der Waals surface area contributed by atoms with Gasteiger partial charge in [-0.25, -0.2) is 8.78 Å². The molecule has 0 aliphatic rings. The molecule has 17 heavy (non-hydrogen) atoms. The number of hydrogen-bond donors (Lipinski definition) is 1. The third-order valence-corrected chi connectivity index (χ3v) is 3.00. The number of alkyl halides is 2. The van der Waals surface area contributed by atoms with E-state index in [9.17, 15) is 8.78 Å². The van der Waals surface area contributed by atoms with Gasteiger partial charge in [-0.3, -0.25) is 0 Å². The van der Waals surface area contributed by atoms with Crippen LogP contribution in [0.3, 0.4) is 0 Å². The SMILES string of the molecule is FC(F)COCCNCc1cc(Cl)ccc1Br. The third-order valence-electron chi connectivity index (χ3n) is 1.99. The van der Waals surface area contributed by atoms with Crippen molar-refractivity contribution in [2.24, 2.45) is 0 Å². The van der Waals surface area contributed by atoms with Crippen LogP contribution in [0.1, 0.15) is 5.56 Å². The summed E-state index contributed by atoms with van der Waals surface area (Å²) in [5, 5.41) is 3.75. The van der Waals surface area contributed by atoms with Gasteiger partial charge in [-0.2, -0.15) is 0 Å². The number of nitrogens with one attached hydrogen (secondary N) is 1. The van der Waals surface area contributed by atoms with Crippen molar-refractivity contribution >= 4 is 27.5 Å². The molecule has 96 valence electrons. The van der Waals surface area contributed by atoms with Crippen LogP contribution in [0.5, 0.6) is 0 Å². The lowest BCUT2D eigenvalue weighted by Gasteiger charge is -2.08. The Labute approximate surface area is 112 Å². The van der Waals surface area contributed by atoms with Gasteiger partial charge in [-0.1, -0.05) is 27.5 Å². The first kappa shape index (κ1) is 14.8. The van der Waals surface area contributed by atoms with Crippen LogP contribution in [0.25, 0.3) is 0 Å². The number of halogens is 4. The van der Waals surface area contributed by atoms with Crippen molar-refractivity contribution in [2.45, 2.75) is 13.0 Å². The van der Waals surface area contributed by atoms with Crippen LogP contribution in [0.15, 0.2) is 22.7 Å². The quantitative estimate of drug-likeness (QED) is 0.774. The number of benzene rings is 1. The number of rotatable bonds is 7. The van der Waals surface area contributed by atoms with Crippen LogP contribution in [0, 0.1) is 0 Å². The molecule has 0 fully saturated rings. The highest BCUT2D eigenvalue weighted by Crippen LogP contribution is 2.20. The summed E-state index contributed by atoms with van der Waals surface area (Å²) in [6, 6.07) is 5.51. The maximum atomic E-state index is 11.7. The monoisotopic (exact) mass is 327 g/mol. The van der Waals surface area contributed by atoms with Crippen LogP contribution in [0.2, 0.25) is 5.02 Å². The minimum Gasteiger partial charge on any atom is -0.374 e. The Hall–Kier alpha value is -0.230. The van der Waals surface area contributed by atoms with E-state index < -0.39 is 13.0 Å². The summed E-state index contributed by atoms with van der Waals surface area (Å²) in [5.74, 6) is 0. The first-order valence-electron chi connectivity index (χ1n) is 5.10. The lowest BCUT2D eigenvalue weighted by molar-refractivity contribution is 0.0187. The van der Waals surface area contributed by atoms with Gasteiger partial charge in [0.05, 0.1) is 6.61 Å².